The molecule has 0 unspecified atom stereocenters. The second-order valence-corrected chi connectivity index (χ2v) is 8.34. The van der Waals surface area contributed by atoms with Gasteiger partial charge in [0.15, 0.2) is 0 Å². The lowest BCUT2D eigenvalue weighted by Gasteiger charge is -2.29. The lowest BCUT2D eigenvalue weighted by molar-refractivity contribution is -0.125. The number of rotatable bonds is 7. The Kier molecular flexibility index (Phi) is 6.82. The van der Waals surface area contributed by atoms with E-state index in [1.54, 1.807) is 0 Å². The third kappa shape index (κ3) is 4.91. The highest BCUT2D eigenvalue weighted by atomic mass is 16.1. The van der Waals surface area contributed by atoms with E-state index in [1.807, 2.05) is 12.3 Å². The molecular weight excluding hydrogens is 374 g/mol. The standard InChI is InChI=1S/C24H33N5O/c1-2-28(21-9-5-3-6-10-21)16-13-25-23(30)19-11-12-22-20(17-19)18-26-24(27-22)29-14-7-4-8-15-29/h3,5-6,9-10,18-19H,2,4,7-8,11-17H2,1H3,(H,25,30)/t19-/m0/s1. The van der Waals surface area contributed by atoms with Crippen LogP contribution in [0.5, 0.6) is 0 Å². The summed E-state index contributed by atoms with van der Waals surface area (Å²) in [5.41, 5.74) is 3.47. The second kappa shape index (κ2) is 9.92. The first-order chi connectivity index (χ1) is 14.7. The van der Waals surface area contributed by atoms with Crippen LogP contribution >= 0.6 is 0 Å². The number of piperidine rings is 1. The van der Waals surface area contributed by atoms with E-state index in [9.17, 15) is 4.79 Å². The molecule has 1 aliphatic carbocycles. The number of nitrogens with one attached hydrogen (secondary N) is 1. The number of benzene rings is 1. The van der Waals surface area contributed by atoms with Gasteiger partial charge in [-0.1, -0.05) is 18.2 Å². The predicted molar refractivity (Wildman–Crippen MR) is 121 cm³/mol. The first-order valence-corrected chi connectivity index (χ1v) is 11.4. The second-order valence-electron chi connectivity index (χ2n) is 8.34. The van der Waals surface area contributed by atoms with Crippen molar-refractivity contribution in [2.75, 3.05) is 42.5 Å². The van der Waals surface area contributed by atoms with Crippen LogP contribution in [-0.2, 0) is 17.6 Å². The first kappa shape index (κ1) is 20.6. The molecule has 1 aromatic heterocycles. The summed E-state index contributed by atoms with van der Waals surface area (Å²) in [5.74, 6) is 1.05. The van der Waals surface area contributed by atoms with Crippen molar-refractivity contribution in [2.45, 2.75) is 45.4 Å². The van der Waals surface area contributed by atoms with E-state index in [0.717, 1.165) is 62.6 Å². The van der Waals surface area contributed by atoms with Gasteiger partial charge in [-0.2, -0.15) is 0 Å². The van der Waals surface area contributed by atoms with Gasteiger partial charge in [-0.25, -0.2) is 9.97 Å². The Hall–Kier alpha value is -2.63. The van der Waals surface area contributed by atoms with E-state index in [-0.39, 0.29) is 11.8 Å². The topological polar surface area (TPSA) is 61.4 Å². The number of amides is 1. The number of carbonyl (C=O) groups excluding carboxylic acids is 1. The van der Waals surface area contributed by atoms with Gasteiger partial charge in [0.25, 0.3) is 0 Å². The maximum Gasteiger partial charge on any atom is 0.225 e. The molecule has 1 N–H and O–H groups in total. The van der Waals surface area contributed by atoms with Crippen LogP contribution in [0.1, 0.15) is 43.9 Å². The molecule has 6 heteroatoms. The van der Waals surface area contributed by atoms with E-state index in [4.69, 9.17) is 4.98 Å². The third-order valence-electron chi connectivity index (χ3n) is 6.33. The highest BCUT2D eigenvalue weighted by Crippen LogP contribution is 2.26. The molecule has 1 atom stereocenters. The van der Waals surface area contributed by atoms with Gasteiger partial charge in [0.2, 0.25) is 11.9 Å². The number of aryl methyl sites for hydroxylation is 1. The zero-order chi connectivity index (χ0) is 20.8. The minimum Gasteiger partial charge on any atom is -0.370 e. The van der Waals surface area contributed by atoms with Crippen LogP contribution in [0.4, 0.5) is 11.6 Å². The molecule has 1 aliphatic heterocycles. The van der Waals surface area contributed by atoms with Crippen molar-refractivity contribution in [2.24, 2.45) is 5.92 Å². The number of nitrogens with zero attached hydrogens (tertiary/aromatic N) is 4. The number of aromatic nitrogens is 2. The Morgan fingerprint density at radius 3 is 2.77 bits per heavy atom. The molecule has 0 bridgehead atoms. The Morgan fingerprint density at radius 1 is 1.20 bits per heavy atom. The summed E-state index contributed by atoms with van der Waals surface area (Å²) in [6, 6.07) is 10.4. The number of para-hydroxylation sites is 1. The van der Waals surface area contributed by atoms with Gasteiger partial charge in [-0.05, 0) is 63.1 Å². The number of fused-ring (bicyclic) bond motifs is 1. The van der Waals surface area contributed by atoms with Gasteiger partial charge in [0.1, 0.15) is 0 Å². The average molecular weight is 408 g/mol. The Bertz CT molecular complexity index is 835. The molecule has 6 nitrogen and oxygen atoms in total. The van der Waals surface area contributed by atoms with Crippen molar-refractivity contribution < 1.29 is 4.79 Å². The summed E-state index contributed by atoms with van der Waals surface area (Å²) in [5, 5.41) is 3.15. The van der Waals surface area contributed by atoms with E-state index in [2.05, 4.69) is 51.3 Å². The molecule has 0 saturated carbocycles. The summed E-state index contributed by atoms with van der Waals surface area (Å²) in [6.45, 7) is 6.66. The molecule has 0 radical (unpaired) electrons. The number of carbonyl (C=O) groups is 1. The van der Waals surface area contributed by atoms with Crippen molar-refractivity contribution >= 4 is 17.5 Å². The fraction of sp³-hybridized carbons (Fsp3) is 0.542. The van der Waals surface area contributed by atoms with E-state index in [1.165, 1.54) is 24.9 Å². The number of likely N-dealkylation sites (N-methyl/N-ethyl adjacent to an activating group) is 1. The molecule has 1 amide bonds. The van der Waals surface area contributed by atoms with Crippen LogP contribution in [-0.4, -0.2) is 48.6 Å². The zero-order valence-electron chi connectivity index (χ0n) is 18.0. The Labute approximate surface area is 179 Å². The van der Waals surface area contributed by atoms with Crippen LogP contribution in [0.3, 0.4) is 0 Å². The fourth-order valence-corrected chi connectivity index (χ4v) is 4.53. The van der Waals surface area contributed by atoms with Crippen molar-refractivity contribution in [3.63, 3.8) is 0 Å². The molecular formula is C24H33N5O. The summed E-state index contributed by atoms with van der Waals surface area (Å²) in [4.78, 5) is 26.8. The molecule has 4 rings (SSSR count). The summed E-state index contributed by atoms with van der Waals surface area (Å²) in [6.07, 6.45) is 8.19. The zero-order valence-corrected chi connectivity index (χ0v) is 18.0. The molecule has 1 saturated heterocycles. The molecule has 160 valence electrons. The molecule has 2 aliphatic rings. The summed E-state index contributed by atoms with van der Waals surface area (Å²) >= 11 is 0. The minimum atomic E-state index is 0.0220. The normalized spacial score (nSPS) is 18.6. The first-order valence-electron chi connectivity index (χ1n) is 11.4. The van der Waals surface area contributed by atoms with Gasteiger partial charge in [-0.15, -0.1) is 0 Å². The number of hydrogen-bond donors (Lipinski definition) is 1. The van der Waals surface area contributed by atoms with E-state index < -0.39 is 0 Å². The molecule has 30 heavy (non-hydrogen) atoms. The monoisotopic (exact) mass is 407 g/mol. The average Bonchev–Trinajstić information content (AvgIpc) is 2.82. The third-order valence-corrected chi connectivity index (χ3v) is 6.33. The molecule has 2 aromatic rings. The van der Waals surface area contributed by atoms with Crippen molar-refractivity contribution in [1.82, 2.24) is 15.3 Å². The highest BCUT2D eigenvalue weighted by molar-refractivity contribution is 5.79. The van der Waals surface area contributed by atoms with Gasteiger partial charge in [-0.3, -0.25) is 4.79 Å². The van der Waals surface area contributed by atoms with Gasteiger partial charge < -0.3 is 15.1 Å². The quantitative estimate of drug-likeness (QED) is 0.764. The van der Waals surface area contributed by atoms with Crippen molar-refractivity contribution in [1.29, 1.82) is 0 Å². The van der Waals surface area contributed by atoms with Crippen LogP contribution < -0.4 is 15.1 Å². The molecule has 1 fully saturated rings. The lowest BCUT2D eigenvalue weighted by Crippen LogP contribution is -2.39. The van der Waals surface area contributed by atoms with E-state index in [0.29, 0.717) is 6.54 Å². The molecule has 1 aromatic carbocycles. The minimum absolute atomic E-state index is 0.0220. The van der Waals surface area contributed by atoms with Crippen molar-refractivity contribution in [3.05, 3.63) is 47.8 Å². The van der Waals surface area contributed by atoms with Crippen LogP contribution in [0.25, 0.3) is 0 Å². The van der Waals surface area contributed by atoms with Gasteiger partial charge in [0, 0.05) is 56.2 Å². The Balaban J connectivity index is 1.29. The van der Waals surface area contributed by atoms with Crippen LogP contribution in [0.15, 0.2) is 36.5 Å². The fourth-order valence-electron chi connectivity index (χ4n) is 4.53. The SMILES string of the molecule is CCN(CCNC(=O)[C@H]1CCc2nc(N3CCCCC3)ncc2C1)c1ccccc1. The van der Waals surface area contributed by atoms with Crippen molar-refractivity contribution in [3.8, 4) is 0 Å². The number of anilines is 2. The highest BCUT2D eigenvalue weighted by Gasteiger charge is 2.26. The Morgan fingerprint density at radius 2 is 2.00 bits per heavy atom. The van der Waals surface area contributed by atoms with Crippen LogP contribution in [0, 0.1) is 5.92 Å². The molecule has 2 heterocycles. The maximum absolute atomic E-state index is 12.7. The maximum atomic E-state index is 12.7. The smallest absolute Gasteiger partial charge is 0.225 e. The molecule has 0 spiro atoms. The largest absolute Gasteiger partial charge is 0.370 e. The van der Waals surface area contributed by atoms with Gasteiger partial charge >= 0.3 is 0 Å². The predicted octanol–water partition coefficient (Wildman–Crippen LogP) is 3.21. The van der Waals surface area contributed by atoms with Gasteiger partial charge in [0.05, 0.1) is 0 Å². The summed E-state index contributed by atoms with van der Waals surface area (Å²) in [7, 11) is 0. The van der Waals surface area contributed by atoms with Crippen LogP contribution in [0.2, 0.25) is 0 Å². The summed E-state index contributed by atoms with van der Waals surface area (Å²) < 4.78 is 0. The lowest BCUT2D eigenvalue weighted by atomic mass is 9.86. The number of hydrogen-bond acceptors (Lipinski definition) is 5. The van der Waals surface area contributed by atoms with E-state index >= 15 is 0 Å².